The lowest BCUT2D eigenvalue weighted by Gasteiger charge is -1.91. The van der Waals surface area contributed by atoms with Crippen molar-refractivity contribution in [1.29, 1.82) is 0 Å². The highest BCUT2D eigenvalue weighted by molar-refractivity contribution is 14.1. The second-order valence-corrected chi connectivity index (χ2v) is 7.78. The van der Waals surface area contributed by atoms with Crippen molar-refractivity contribution in [3.63, 3.8) is 0 Å². The van der Waals surface area contributed by atoms with Crippen molar-refractivity contribution < 1.29 is 0 Å². The maximum absolute atomic E-state index is 12.4. The number of hydrogen-bond donors (Lipinski definition) is 0. The fourth-order valence-corrected chi connectivity index (χ4v) is 3.97. The van der Waals surface area contributed by atoms with Crippen LogP contribution < -0.4 is 10.1 Å². The summed E-state index contributed by atoms with van der Waals surface area (Å²) in [5, 5.41) is 6.29. The van der Waals surface area contributed by atoms with Gasteiger partial charge in [0.2, 0.25) is 4.96 Å². The molecule has 108 valence electrons. The lowest BCUT2D eigenvalue weighted by Crippen LogP contribution is -2.23. The zero-order valence-electron chi connectivity index (χ0n) is 11.1. The monoisotopic (exact) mass is 437 g/mol. The lowest BCUT2D eigenvalue weighted by atomic mass is 10.2. The van der Waals surface area contributed by atoms with Gasteiger partial charge in [-0.3, -0.25) is 4.79 Å². The van der Waals surface area contributed by atoms with Gasteiger partial charge in [-0.1, -0.05) is 29.5 Å². The molecule has 0 aliphatic heterocycles. The first kappa shape index (κ1) is 14.0. The van der Waals surface area contributed by atoms with Crippen LogP contribution in [0.15, 0.2) is 46.6 Å². The van der Waals surface area contributed by atoms with Gasteiger partial charge in [-0.2, -0.15) is 9.50 Å². The van der Waals surface area contributed by atoms with Crippen molar-refractivity contribution in [2.75, 3.05) is 0 Å². The highest BCUT2D eigenvalue weighted by Gasteiger charge is 2.12. The fourth-order valence-electron chi connectivity index (χ4n) is 2.05. The molecule has 0 N–H and O–H groups in total. The molecule has 0 unspecified atom stereocenters. The molecule has 0 amide bonds. The quantitative estimate of drug-likeness (QED) is 0.453. The minimum absolute atomic E-state index is 0.117. The minimum Gasteiger partial charge on any atom is -0.266 e. The van der Waals surface area contributed by atoms with E-state index in [9.17, 15) is 4.79 Å². The predicted octanol–water partition coefficient (Wildman–Crippen LogP) is 3.03. The summed E-state index contributed by atoms with van der Waals surface area (Å²) in [6.07, 6.45) is 1.88. The molecule has 0 bridgehead atoms. The van der Waals surface area contributed by atoms with E-state index in [-0.39, 0.29) is 5.56 Å². The van der Waals surface area contributed by atoms with Gasteiger partial charge >= 0.3 is 0 Å². The Balaban J connectivity index is 1.84. The van der Waals surface area contributed by atoms with Crippen LogP contribution in [0.25, 0.3) is 21.7 Å². The van der Waals surface area contributed by atoms with Crippen molar-refractivity contribution in [3.8, 4) is 10.7 Å². The van der Waals surface area contributed by atoms with Crippen molar-refractivity contribution in [2.24, 2.45) is 0 Å². The second kappa shape index (κ2) is 5.56. The molecular formula is C15H8IN3OS2. The van der Waals surface area contributed by atoms with Crippen molar-refractivity contribution in [2.45, 2.75) is 0 Å². The number of thiazole rings is 1. The Bertz CT molecular complexity index is 1050. The normalized spacial score (nSPS) is 12.3. The first-order valence-electron chi connectivity index (χ1n) is 6.41. The first-order valence-corrected chi connectivity index (χ1v) is 9.19. The third-order valence-corrected chi connectivity index (χ3v) is 5.64. The van der Waals surface area contributed by atoms with E-state index in [1.165, 1.54) is 19.4 Å². The van der Waals surface area contributed by atoms with Gasteiger partial charge in [-0.15, -0.1) is 16.4 Å². The molecule has 4 aromatic rings. The Hall–Kier alpha value is -1.58. The Morgan fingerprint density at radius 3 is 2.68 bits per heavy atom. The molecule has 0 fully saturated rings. The summed E-state index contributed by atoms with van der Waals surface area (Å²) in [4.78, 5) is 18.5. The minimum atomic E-state index is -0.117. The molecule has 0 spiro atoms. The number of aromatic nitrogens is 3. The van der Waals surface area contributed by atoms with E-state index in [1.54, 1.807) is 11.3 Å². The molecule has 1 aromatic carbocycles. The molecule has 22 heavy (non-hydrogen) atoms. The van der Waals surface area contributed by atoms with E-state index in [1.807, 2.05) is 47.9 Å². The summed E-state index contributed by atoms with van der Waals surface area (Å²) in [5.74, 6) is 0.610. The Kier molecular flexibility index (Phi) is 3.55. The van der Waals surface area contributed by atoms with E-state index in [0.29, 0.717) is 15.3 Å². The number of fused-ring (bicyclic) bond motifs is 1. The smallest absolute Gasteiger partial charge is 0.266 e. The Labute approximate surface area is 146 Å². The number of nitrogens with zero attached hydrogens (tertiary/aromatic N) is 3. The van der Waals surface area contributed by atoms with Gasteiger partial charge in [-0.25, -0.2) is 0 Å². The van der Waals surface area contributed by atoms with Crippen LogP contribution in [0.2, 0.25) is 0 Å². The van der Waals surface area contributed by atoms with Gasteiger partial charge in [0.05, 0.1) is 9.41 Å². The van der Waals surface area contributed by atoms with E-state index < -0.39 is 0 Å². The number of halogens is 1. The predicted molar refractivity (Wildman–Crippen MR) is 98.4 cm³/mol. The topological polar surface area (TPSA) is 47.3 Å². The van der Waals surface area contributed by atoms with Crippen LogP contribution in [0.5, 0.6) is 0 Å². The fraction of sp³-hybridized carbons (Fsp3) is 0. The first-order chi connectivity index (χ1) is 10.7. The number of thiophene rings is 1. The molecule has 4 nitrogen and oxygen atoms in total. The summed E-state index contributed by atoms with van der Waals surface area (Å²) in [5.41, 5.74) is 0.884. The molecule has 0 saturated heterocycles. The van der Waals surface area contributed by atoms with Crippen molar-refractivity contribution >= 4 is 56.3 Å². The average Bonchev–Trinajstić information content (AvgIpc) is 3.20. The molecule has 0 aliphatic rings. The summed E-state index contributed by atoms with van der Waals surface area (Å²) < 4.78 is 3.20. The summed E-state index contributed by atoms with van der Waals surface area (Å²) in [6, 6.07) is 11.9. The van der Waals surface area contributed by atoms with Crippen LogP contribution in [-0.4, -0.2) is 14.6 Å². The third kappa shape index (κ3) is 2.49. The molecule has 0 atom stereocenters. The second-order valence-electron chi connectivity index (χ2n) is 4.57. The van der Waals surface area contributed by atoms with Gasteiger partial charge < -0.3 is 0 Å². The van der Waals surface area contributed by atoms with Crippen LogP contribution >= 0.6 is 45.3 Å². The van der Waals surface area contributed by atoms with Crippen LogP contribution in [-0.2, 0) is 0 Å². The molecule has 0 saturated carbocycles. The number of benzene rings is 1. The molecule has 7 heteroatoms. The number of hydrogen-bond acceptors (Lipinski definition) is 5. The maximum Gasteiger partial charge on any atom is 0.291 e. The zero-order chi connectivity index (χ0) is 15.1. The third-order valence-electron chi connectivity index (χ3n) is 3.09. The molecular weight excluding hydrogens is 429 g/mol. The average molecular weight is 437 g/mol. The van der Waals surface area contributed by atoms with E-state index in [2.05, 4.69) is 32.7 Å². The van der Waals surface area contributed by atoms with E-state index in [4.69, 9.17) is 0 Å². The summed E-state index contributed by atoms with van der Waals surface area (Å²) in [7, 11) is 0. The molecule has 0 aliphatic carbocycles. The standard InChI is InChI=1S/C15H8IN3OS2/c16-10-5-3-9(4-6-10)8-12-14(20)19-15(22-12)17-13(18-19)11-2-1-7-21-11/h1-8H/b12-8+. The lowest BCUT2D eigenvalue weighted by molar-refractivity contribution is 0.938. The molecule has 0 radical (unpaired) electrons. The van der Waals surface area contributed by atoms with Gasteiger partial charge in [0, 0.05) is 3.57 Å². The highest BCUT2D eigenvalue weighted by Crippen LogP contribution is 2.21. The Morgan fingerprint density at radius 1 is 1.18 bits per heavy atom. The van der Waals surface area contributed by atoms with Crippen LogP contribution in [0.1, 0.15) is 5.56 Å². The van der Waals surface area contributed by atoms with Crippen molar-refractivity contribution in [3.05, 3.63) is 65.8 Å². The highest BCUT2D eigenvalue weighted by atomic mass is 127. The van der Waals surface area contributed by atoms with E-state index >= 15 is 0 Å². The molecule has 3 heterocycles. The van der Waals surface area contributed by atoms with Crippen LogP contribution in [0, 0.1) is 3.57 Å². The Morgan fingerprint density at radius 2 is 2.00 bits per heavy atom. The van der Waals surface area contributed by atoms with Crippen LogP contribution in [0.3, 0.4) is 0 Å². The van der Waals surface area contributed by atoms with Gasteiger partial charge in [0.1, 0.15) is 0 Å². The molecule has 3 aromatic heterocycles. The maximum atomic E-state index is 12.4. The van der Waals surface area contributed by atoms with Gasteiger partial charge in [0.25, 0.3) is 5.56 Å². The summed E-state index contributed by atoms with van der Waals surface area (Å²) in [6.45, 7) is 0. The zero-order valence-corrected chi connectivity index (χ0v) is 14.9. The van der Waals surface area contributed by atoms with Gasteiger partial charge in [0.15, 0.2) is 5.82 Å². The van der Waals surface area contributed by atoms with E-state index in [0.717, 1.165) is 10.4 Å². The van der Waals surface area contributed by atoms with Crippen molar-refractivity contribution in [1.82, 2.24) is 14.6 Å². The van der Waals surface area contributed by atoms with Crippen LogP contribution in [0.4, 0.5) is 0 Å². The largest absolute Gasteiger partial charge is 0.291 e. The number of rotatable bonds is 2. The van der Waals surface area contributed by atoms with Gasteiger partial charge in [-0.05, 0) is 57.8 Å². The SMILES string of the molecule is O=c1/c(=C\c2ccc(I)cc2)sc2nc(-c3cccs3)nn12. The summed E-state index contributed by atoms with van der Waals surface area (Å²) >= 11 is 5.19. The molecule has 4 rings (SSSR count).